The minimum absolute atomic E-state index is 0.546. The number of guanidine groups is 1. The molecule has 2 rings (SSSR count). The third-order valence-corrected chi connectivity index (χ3v) is 4.18. The van der Waals surface area contributed by atoms with Gasteiger partial charge in [0.05, 0.1) is 23.8 Å². The zero-order chi connectivity index (χ0) is 16.7. The Balaban J connectivity index is 1.75. The first kappa shape index (κ1) is 17.6. The van der Waals surface area contributed by atoms with Crippen LogP contribution in [-0.2, 0) is 6.54 Å². The average molecular weight is 353 g/mol. The van der Waals surface area contributed by atoms with E-state index in [-0.39, 0.29) is 0 Å². The van der Waals surface area contributed by atoms with Crippen molar-refractivity contribution in [1.82, 2.24) is 15.2 Å². The average Bonchev–Trinajstić information content (AvgIpc) is 2.94. The number of aryl methyl sites for hydroxylation is 1. The summed E-state index contributed by atoms with van der Waals surface area (Å²) in [5.41, 5.74) is 1.05. The van der Waals surface area contributed by atoms with Crippen molar-refractivity contribution >= 4 is 28.9 Å². The number of hydrogen-bond acceptors (Lipinski definition) is 4. The summed E-state index contributed by atoms with van der Waals surface area (Å²) in [4.78, 5) is 10.8. The Labute approximate surface area is 146 Å². The van der Waals surface area contributed by atoms with Crippen LogP contribution in [0.4, 0.5) is 0 Å². The van der Waals surface area contributed by atoms with E-state index in [0.29, 0.717) is 18.2 Å². The number of hydrogen-bond donors (Lipinski definition) is 1. The molecule has 0 radical (unpaired) electrons. The number of aromatic nitrogens is 1. The normalized spacial score (nSPS) is 11.4. The van der Waals surface area contributed by atoms with E-state index in [4.69, 9.17) is 16.3 Å². The molecule has 0 amide bonds. The quantitative estimate of drug-likeness (QED) is 0.493. The number of nitrogens with one attached hydrogen (secondary N) is 1. The predicted molar refractivity (Wildman–Crippen MR) is 96.6 cm³/mol. The third kappa shape index (κ3) is 5.73. The molecule has 124 valence electrons. The minimum atomic E-state index is 0.546. The fourth-order valence-electron chi connectivity index (χ4n) is 2.05. The van der Waals surface area contributed by atoms with Gasteiger partial charge in [0.15, 0.2) is 5.96 Å². The van der Waals surface area contributed by atoms with Crippen LogP contribution >= 0.6 is 22.9 Å². The number of thiazole rings is 1. The van der Waals surface area contributed by atoms with Crippen LogP contribution in [0, 0.1) is 6.92 Å². The number of ether oxygens (including phenoxy) is 1. The molecule has 23 heavy (non-hydrogen) atoms. The summed E-state index contributed by atoms with van der Waals surface area (Å²) in [5.74, 6) is 1.62. The second-order valence-corrected chi connectivity index (χ2v) is 6.49. The molecule has 0 saturated carbocycles. The first-order chi connectivity index (χ1) is 11.1. The van der Waals surface area contributed by atoms with Gasteiger partial charge >= 0.3 is 0 Å². The van der Waals surface area contributed by atoms with Crippen LogP contribution in [0.3, 0.4) is 0 Å². The molecule has 0 aliphatic rings. The fraction of sp³-hybridized carbons (Fsp3) is 0.375. The Hall–Kier alpha value is -1.79. The van der Waals surface area contributed by atoms with E-state index in [9.17, 15) is 0 Å². The minimum Gasteiger partial charge on any atom is -0.492 e. The van der Waals surface area contributed by atoms with Gasteiger partial charge in [0, 0.05) is 24.5 Å². The van der Waals surface area contributed by atoms with E-state index in [1.165, 1.54) is 0 Å². The number of benzene rings is 1. The second-order valence-electron chi connectivity index (χ2n) is 4.99. The van der Waals surface area contributed by atoms with Gasteiger partial charge in [-0.05, 0) is 31.2 Å². The van der Waals surface area contributed by atoms with Crippen molar-refractivity contribution in [1.29, 1.82) is 0 Å². The van der Waals surface area contributed by atoms with Crippen molar-refractivity contribution in [3.63, 3.8) is 0 Å². The van der Waals surface area contributed by atoms with Gasteiger partial charge in [-0.15, -0.1) is 11.3 Å². The highest BCUT2D eigenvalue weighted by Gasteiger charge is 2.08. The Morgan fingerprint density at radius 2 is 2.13 bits per heavy atom. The lowest BCUT2D eigenvalue weighted by Crippen LogP contribution is -2.40. The van der Waals surface area contributed by atoms with Gasteiger partial charge in [-0.1, -0.05) is 11.6 Å². The number of rotatable bonds is 6. The first-order valence-electron chi connectivity index (χ1n) is 7.29. The lowest BCUT2D eigenvalue weighted by atomic mass is 10.3. The molecule has 1 heterocycles. The summed E-state index contributed by atoms with van der Waals surface area (Å²) in [6, 6.07) is 7.33. The Morgan fingerprint density at radius 1 is 1.39 bits per heavy atom. The van der Waals surface area contributed by atoms with Crippen LogP contribution in [0.1, 0.15) is 10.7 Å². The standard InChI is InChI=1S/C16H21ClN4OS/c1-12-20-14(11-23-12)10-21(3)16(18-2)19-8-9-22-15-6-4-13(17)5-7-15/h4-7,11H,8-10H2,1-3H3,(H,18,19). The van der Waals surface area contributed by atoms with Gasteiger partial charge in [-0.25, -0.2) is 4.98 Å². The molecule has 0 spiro atoms. The Morgan fingerprint density at radius 3 is 2.74 bits per heavy atom. The molecule has 1 N–H and O–H groups in total. The highest BCUT2D eigenvalue weighted by molar-refractivity contribution is 7.09. The summed E-state index contributed by atoms with van der Waals surface area (Å²) in [5, 5.41) is 7.13. The van der Waals surface area contributed by atoms with Crippen molar-refractivity contribution in [3.8, 4) is 5.75 Å². The smallest absolute Gasteiger partial charge is 0.193 e. The van der Waals surface area contributed by atoms with Crippen LogP contribution < -0.4 is 10.1 Å². The molecule has 0 fully saturated rings. The molecule has 0 saturated heterocycles. The number of aliphatic imine (C=N–C) groups is 1. The fourth-order valence-corrected chi connectivity index (χ4v) is 2.78. The van der Waals surface area contributed by atoms with Crippen molar-refractivity contribution in [3.05, 3.63) is 45.4 Å². The van der Waals surface area contributed by atoms with Crippen LogP contribution in [0.2, 0.25) is 5.02 Å². The van der Waals surface area contributed by atoms with Crippen molar-refractivity contribution < 1.29 is 4.74 Å². The van der Waals surface area contributed by atoms with Crippen LogP contribution in [0.25, 0.3) is 0 Å². The second kappa shape index (κ2) is 8.74. The molecule has 0 unspecified atom stereocenters. The van der Waals surface area contributed by atoms with Gasteiger partial charge in [-0.2, -0.15) is 0 Å². The highest BCUT2D eigenvalue weighted by Crippen LogP contribution is 2.15. The van der Waals surface area contributed by atoms with Crippen LogP contribution in [0.15, 0.2) is 34.6 Å². The number of halogens is 1. The lowest BCUT2D eigenvalue weighted by molar-refractivity contribution is 0.319. The summed E-state index contributed by atoms with van der Waals surface area (Å²) in [6.45, 7) is 3.94. The predicted octanol–water partition coefficient (Wildman–Crippen LogP) is 3.19. The molecule has 1 aromatic carbocycles. The summed E-state index contributed by atoms with van der Waals surface area (Å²) in [6.07, 6.45) is 0. The molecule has 5 nitrogen and oxygen atoms in total. The van der Waals surface area contributed by atoms with Gasteiger partial charge in [0.25, 0.3) is 0 Å². The Bertz CT molecular complexity index is 642. The van der Waals surface area contributed by atoms with Gasteiger partial charge in [-0.3, -0.25) is 4.99 Å². The van der Waals surface area contributed by atoms with E-state index in [2.05, 4.69) is 20.7 Å². The molecule has 0 bridgehead atoms. The summed E-state index contributed by atoms with van der Waals surface area (Å²) >= 11 is 7.50. The zero-order valence-electron chi connectivity index (χ0n) is 13.5. The lowest BCUT2D eigenvalue weighted by Gasteiger charge is -2.21. The van der Waals surface area contributed by atoms with E-state index >= 15 is 0 Å². The highest BCUT2D eigenvalue weighted by atomic mass is 35.5. The van der Waals surface area contributed by atoms with Crippen molar-refractivity contribution in [2.45, 2.75) is 13.5 Å². The molecular formula is C16H21ClN4OS. The monoisotopic (exact) mass is 352 g/mol. The SMILES string of the molecule is CN=C(NCCOc1ccc(Cl)cc1)N(C)Cc1csc(C)n1. The summed E-state index contributed by atoms with van der Waals surface area (Å²) < 4.78 is 5.65. The maximum Gasteiger partial charge on any atom is 0.193 e. The molecule has 0 aliphatic heterocycles. The van der Waals surface area contributed by atoms with E-state index in [1.54, 1.807) is 18.4 Å². The van der Waals surface area contributed by atoms with Crippen LogP contribution in [-0.4, -0.2) is 43.1 Å². The summed E-state index contributed by atoms with van der Waals surface area (Å²) in [7, 11) is 3.76. The van der Waals surface area contributed by atoms with Crippen LogP contribution in [0.5, 0.6) is 5.75 Å². The molecular weight excluding hydrogens is 332 g/mol. The molecule has 7 heteroatoms. The van der Waals surface area contributed by atoms with Gasteiger partial charge in [0.2, 0.25) is 0 Å². The first-order valence-corrected chi connectivity index (χ1v) is 8.55. The van der Waals surface area contributed by atoms with E-state index < -0.39 is 0 Å². The topological polar surface area (TPSA) is 49.8 Å². The molecule has 0 atom stereocenters. The van der Waals surface area contributed by atoms with E-state index in [0.717, 1.165) is 29.0 Å². The van der Waals surface area contributed by atoms with E-state index in [1.807, 2.05) is 43.1 Å². The van der Waals surface area contributed by atoms with Gasteiger partial charge < -0.3 is 15.0 Å². The number of nitrogens with zero attached hydrogens (tertiary/aromatic N) is 3. The molecule has 1 aromatic heterocycles. The Kier molecular flexibility index (Phi) is 6.67. The maximum absolute atomic E-state index is 5.84. The van der Waals surface area contributed by atoms with Gasteiger partial charge in [0.1, 0.15) is 12.4 Å². The van der Waals surface area contributed by atoms with Crippen molar-refractivity contribution in [2.24, 2.45) is 4.99 Å². The molecule has 0 aliphatic carbocycles. The van der Waals surface area contributed by atoms with Crippen molar-refractivity contribution in [2.75, 3.05) is 27.2 Å². The maximum atomic E-state index is 5.84. The zero-order valence-corrected chi connectivity index (χ0v) is 15.1. The molecule has 2 aromatic rings. The largest absolute Gasteiger partial charge is 0.492 e. The third-order valence-electron chi connectivity index (χ3n) is 3.11.